The summed E-state index contributed by atoms with van der Waals surface area (Å²) in [5.74, 6) is 0. The summed E-state index contributed by atoms with van der Waals surface area (Å²) in [4.78, 5) is 0. The van der Waals surface area contributed by atoms with Crippen molar-refractivity contribution in [1.82, 2.24) is 9.78 Å². The lowest BCUT2D eigenvalue weighted by Crippen LogP contribution is -2.15. The first-order chi connectivity index (χ1) is 9.43. The number of nitrogens with two attached hydrogens (primary N) is 1. The molecule has 2 N–H and O–H groups in total. The van der Waals surface area contributed by atoms with Crippen LogP contribution >= 0.6 is 34.8 Å². The van der Waals surface area contributed by atoms with Crippen molar-refractivity contribution in [3.05, 3.63) is 50.2 Å². The van der Waals surface area contributed by atoms with Crippen LogP contribution in [-0.2, 0) is 19.9 Å². The molecule has 20 heavy (non-hydrogen) atoms. The van der Waals surface area contributed by atoms with Gasteiger partial charge in [0.15, 0.2) is 0 Å². The van der Waals surface area contributed by atoms with E-state index in [4.69, 9.17) is 40.5 Å². The van der Waals surface area contributed by atoms with Gasteiger partial charge in [0.2, 0.25) is 0 Å². The Kier molecular flexibility index (Phi) is 4.97. The summed E-state index contributed by atoms with van der Waals surface area (Å²) in [5, 5.41) is 6.12. The Bertz CT molecular complexity index is 622. The second-order valence-corrected chi connectivity index (χ2v) is 5.86. The third-order valence-electron chi connectivity index (χ3n) is 3.29. The minimum Gasteiger partial charge on any atom is -0.324 e. The lowest BCUT2D eigenvalue weighted by molar-refractivity contribution is 0.638. The molecule has 1 heterocycles. The molecule has 0 fully saturated rings. The van der Waals surface area contributed by atoms with Gasteiger partial charge in [-0.05, 0) is 24.1 Å². The summed E-state index contributed by atoms with van der Waals surface area (Å²) in [6.45, 7) is 2.02. The molecule has 1 atom stereocenters. The summed E-state index contributed by atoms with van der Waals surface area (Å²) in [6.07, 6.45) is 1.40. The van der Waals surface area contributed by atoms with Gasteiger partial charge in [0.1, 0.15) is 0 Å². The van der Waals surface area contributed by atoms with Crippen LogP contribution in [0.15, 0.2) is 18.2 Å². The predicted molar refractivity (Wildman–Crippen MR) is 84.7 cm³/mol. The van der Waals surface area contributed by atoms with Crippen molar-refractivity contribution in [2.24, 2.45) is 12.8 Å². The van der Waals surface area contributed by atoms with Gasteiger partial charge in [0.05, 0.1) is 26.5 Å². The van der Waals surface area contributed by atoms with Gasteiger partial charge in [-0.25, -0.2) is 0 Å². The standard InChI is InChI=1S/C14H16Cl3N3/c1-3-12-14(17)13(20(2)19-12)7-11(18)8-4-5-9(15)10(16)6-8/h4-6,11H,3,7,18H2,1-2H3. The molecule has 0 aliphatic carbocycles. The minimum atomic E-state index is -0.206. The zero-order valence-electron chi connectivity index (χ0n) is 11.3. The number of halogens is 3. The van der Waals surface area contributed by atoms with E-state index in [0.717, 1.165) is 23.4 Å². The molecule has 1 aromatic heterocycles. The van der Waals surface area contributed by atoms with Crippen molar-refractivity contribution >= 4 is 34.8 Å². The number of rotatable bonds is 4. The molecule has 0 radical (unpaired) electrons. The third-order valence-corrected chi connectivity index (χ3v) is 4.46. The van der Waals surface area contributed by atoms with E-state index in [2.05, 4.69) is 5.10 Å². The van der Waals surface area contributed by atoms with Gasteiger partial charge < -0.3 is 5.73 Å². The molecule has 0 aliphatic heterocycles. The predicted octanol–water partition coefficient (Wildman–Crippen LogP) is 4.19. The summed E-state index contributed by atoms with van der Waals surface area (Å²) in [5.41, 5.74) is 8.99. The third kappa shape index (κ3) is 3.12. The molecule has 2 rings (SSSR count). The number of hydrogen-bond donors (Lipinski definition) is 1. The lowest BCUT2D eigenvalue weighted by Gasteiger charge is -2.13. The Hall–Kier alpha value is -0.740. The fourth-order valence-corrected chi connectivity index (χ4v) is 2.79. The molecule has 0 amide bonds. The van der Waals surface area contributed by atoms with Gasteiger partial charge in [-0.1, -0.05) is 47.8 Å². The maximum absolute atomic E-state index is 6.33. The van der Waals surface area contributed by atoms with Crippen LogP contribution in [0.1, 0.15) is 29.9 Å². The second kappa shape index (κ2) is 6.35. The SMILES string of the molecule is CCc1nn(C)c(CC(N)c2ccc(Cl)c(Cl)c2)c1Cl. The van der Waals surface area contributed by atoms with Crippen molar-refractivity contribution in [2.45, 2.75) is 25.8 Å². The molecule has 0 spiro atoms. The Morgan fingerprint density at radius 1 is 1.25 bits per heavy atom. The van der Waals surface area contributed by atoms with Crippen LogP contribution in [-0.4, -0.2) is 9.78 Å². The van der Waals surface area contributed by atoms with Crippen LogP contribution in [0.4, 0.5) is 0 Å². The first-order valence-corrected chi connectivity index (χ1v) is 7.48. The molecular formula is C14H16Cl3N3. The first kappa shape index (κ1) is 15.6. The summed E-state index contributed by atoms with van der Waals surface area (Å²) >= 11 is 18.3. The Balaban J connectivity index is 2.25. The van der Waals surface area contributed by atoms with E-state index >= 15 is 0 Å². The second-order valence-electron chi connectivity index (χ2n) is 4.67. The van der Waals surface area contributed by atoms with Crippen molar-refractivity contribution in [3.63, 3.8) is 0 Å². The molecule has 108 valence electrons. The van der Waals surface area contributed by atoms with Crippen LogP contribution < -0.4 is 5.73 Å². The first-order valence-electron chi connectivity index (χ1n) is 6.34. The molecule has 0 saturated heterocycles. The van der Waals surface area contributed by atoms with E-state index in [9.17, 15) is 0 Å². The number of benzene rings is 1. The zero-order chi connectivity index (χ0) is 14.9. The van der Waals surface area contributed by atoms with Gasteiger partial charge in [0, 0.05) is 19.5 Å². The van der Waals surface area contributed by atoms with Crippen LogP contribution in [0.5, 0.6) is 0 Å². The van der Waals surface area contributed by atoms with Gasteiger partial charge in [0.25, 0.3) is 0 Å². The fraction of sp³-hybridized carbons (Fsp3) is 0.357. The van der Waals surface area contributed by atoms with E-state index in [1.165, 1.54) is 0 Å². The largest absolute Gasteiger partial charge is 0.324 e. The van der Waals surface area contributed by atoms with Crippen molar-refractivity contribution in [2.75, 3.05) is 0 Å². The van der Waals surface area contributed by atoms with Gasteiger partial charge in [-0.15, -0.1) is 0 Å². The maximum Gasteiger partial charge on any atom is 0.0850 e. The molecule has 0 aliphatic rings. The highest BCUT2D eigenvalue weighted by molar-refractivity contribution is 6.42. The summed E-state index contributed by atoms with van der Waals surface area (Å²) < 4.78 is 1.79. The van der Waals surface area contributed by atoms with Crippen molar-refractivity contribution in [1.29, 1.82) is 0 Å². The Morgan fingerprint density at radius 3 is 2.50 bits per heavy atom. The minimum absolute atomic E-state index is 0.206. The highest BCUT2D eigenvalue weighted by Crippen LogP contribution is 2.28. The summed E-state index contributed by atoms with van der Waals surface area (Å²) in [7, 11) is 1.88. The van der Waals surface area contributed by atoms with E-state index < -0.39 is 0 Å². The van der Waals surface area contributed by atoms with Gasteiger partial charge in [-0.3, -0.25) is 4.68 Å². The maximum atomic E-state index is 6.33. The van der Waals surface area contributed by atoms with E-state index in [1.54, 1.807) is 16.8 Å². The molecule has 1 unspecified atom stereocenters. The molecule has 6 heteroatoms. The average molecular weight is 333 g/mol. The topological polar surface area (TPSA) is 43.8 Å². The molecule has 0 bridgehead atoms. The highest BCUT2D eigenvalue weighted by Gasteiger charge is 2.17. The molecule has 3 nitrogen and oxygen atoms in total. The average Bonchev–Trinajstić information content (AvgIpc) is 2.69. The monoisotopic (exact) mass is 331 g/mol. The lowest BCUT2D eigenvalue weighted by atomic mass is 10.0. The van der Waals surface area contributed by atoms with Crippen LogP contribution in [0, 0.1) is 0 Å². The Labute approximate surface area is 133 Å². The molecular weight excluding hydrogens is 317 g/mol. The highest BCUT2D eigenvalue weighted by atomic mass is 35.5. The van der Waals surface area contributed by atoms with Crippen LogP contribution in [0.2, 0.25) is 15.1 Å². The summed E-state index contributed by atoms with van der Waals surface area (Å²) in [6, 6.07) is 5.22. The molecule has 1 aromatic carbocycles. The Morgan fingerprint density at radius 2 is 1.95 bits per heavy atom. The van der Waals surface area contributed by atoms with E-state index in [-0.39, 0.29) is 6.04 Å². The molecule has 2 aromatic rings. The quantitative estimate of drug-likeness (QED) is 0.912. The zero-order valence-corrected chi connectivity index (χ0v) is 13.6. The fourth-order valence-electron chi connectivity index (χ4n) is 2.11. The van der Waals surface area contributed by atoms with Crippen molar-refractivity contribution in [3.8, 4) is 0 Å². The number of aryl methyl sites for hydroxylation is 2. The normalized spacial score (nSPS) is 12.7. The van der Waals surface area contributed by atoms with Gasteiger partial charge in [-0.2, -0.15) is 5.10 Å². The number of hydrogen-bond acceptors (Lipinski definition) is 2. The van der Waals surface area contributed by atoms with Crippen molar-refractivity contribution < 1.29 is 0 Å². The van der Waals surface area contributed by atoms with E-state index in [0.29, 0.717) is 21.5 Å². The number of aromatic nitrogens is 2. The van der Waals surface area contributed by atoms with Crippen LogP contribution in [0.3, 0.4) is 0 Å². The van der Waals surface area contributed by atoms with Gasteiger partial charge >= 0.3 is 0 Å². The number of nitrogens with zero attached hydrogens (tertiary/aromatic N) is 2. The molecule has 0 saturated carbocycles. The smallest absolute Gasteiger partial charge is 0.0850 e. The van der Waals surface area contributed by atoms with E-state index in [1.807, 2.05) is 20.0 Å². The van der Waals surface area contributed by atoms with Crippen LogP contribution in [0.25, 0.3) is 0 Å².